The molecule has 0 aliphatic carbocycles. The molecule has 0 spiro atoms. The van der Waals surface area contributed by atoms with E-state index in [2.05, 4.69) is 34.1 Å². The van der Waals surface area contributed by atoms with Crippen LogP contribution in [0.2, 0.25) is 5.02 Å². The Bertz CT molecular complexity index is 763. The molecule has 140 valence electrons. The van der Waals surface area contributed by atoms with Crippen LogP contribution in [-0.2, 0) is 20.1 Å². The van der Waals surface area contributed by atoms with E-state index in [4.69, 9.17) is 23.8 Å². The number of halogens is 1. The van der Waals surface area contributed by atoms with E-state index in [1.54, 1.807) is 0 Å². The van der Waals surface area contributed by atoms with Gasteiger partial charge in [-0.15, -0.1) is 0 Å². The quantitative estimate of drug-likeness (QED) is 0.811. The summed E-state index contributed by atoms with van der Waals surface area (Å²) in [4.78, 5) is 4.74. The molecule has 1 aromatic heterocycles. The van der Waals surface area contributed by atoms with Crippen molar-refractivity contribution >= 4 is 28.9 Å². The van der Waals surface area contributed by atoms with Crippen LogP contribution >= 0.6 is 23.8 Å². The fourth-order valence-electron chi connectivity index (χ4n) is 3.27. The second-order valence-electron chi connectivity index (χ2n) is 6.82. The van der Waals surface area contributed by atoms with Gasteiger partial charge in [-0.1, -0.05) is 23.7 Å². The van der Waals surface area contributed by atoms with Gasteiger partial charge in [0.2, 0.25) is 0 Å². The van der Waals surface area contributed by atoms with E-state index < -0.39 is 0 Å². The Morgan fingerprint density at radius 2 is 1.81 bits per heavy atom. The topological polar surface area (TPSA) is 36.3 Å². The number of hydrogen-bond donors (Lipinski definition) is 1. The zero-order chi connectivity index (χ0) is 18.7. The van der Waals surface area contributed by atoms with Crippen molar-refractivity contribution in [3.05, 3.63) is 51.8 Å². The minimum atomic E-state index is 0.726. The van der Waals surface area contributed by atoms with Crippen LogP contribution in [0.5, 0.6) is 0 Å². The number of piperazine rings is 1. The first kappa shape index (κ1) is 19.1. The number of aromatic nitrogens is 2. The molecule has 0 saturated carbocycles. The highest BCUT2D eigenvalue weighted by Gasteiger charge is 2.21. The Morgan fingerprint density at radius 3 is 2.38 bits per heavy atom. The van der Waals surface area contributed by atoms with Gasteiger partial charge in [-0.2, -0.15) is 5.10 Å². The van der Waals surface area contributed by atoms with Crippen molar-refractivity contribution in [3.8, 4) is 0 Å². The first-order valence-corrected chi connectivity index (χ1v) is 9.71. The zero-order valence-electron chi connectivity index (χ0n) is 15.6. The van der Waals surface area contributed by atoms with Crippen LogP contribution in [0, 0.1) is 13.8 Å². The molecule has 0 unspecified atom stereocenters. The van der Waals surface area contributed by atoms with Crippen molar-refractivity contribution in [2.75, 3.05) is 26.2 Å². The van der Waals surface area contributed by atoms with E-state index >= 15 is 0 Å². The fraction of sp³-hybridized carbons (Fsp3) is 0.474. The summed E-state index contributed by atoms with van der Waals surface area (Å²) in [6.07, 6.45) is 0. The summed E-state index contributed by atoms with van der Waals surface area (Å²) in [6.45, 7) is 9.84. The van der Waals surface area contributed by atoms with Crippen molar-refractivity contribution in [1.29, 1.82) is 0 Å². The Hall–Kier alpha value is -1.63. The van der Waals surface area contributed by atoms with E-state index in [0.717, 1.165) is 55.1 Å². The summed E-state index contributed by atoms with van der Waals surface area (Å²) < 4.78 is 1.97. The predicted molar refractivity (Wildman–Crippen MR) is 110 cm³/mol. The molecule has 1 aliphatic rings. The lowest BCUT2D eigenvalue weighted by atomic mass is 10.1. The molecule has 26 heavy (non-hydrogen) atoms. The average molecular weight is 392 g/mol. The predicted octanol–water partition coefficient (Wildman–Crippen LogP) is 2.88. The molecular weight excluding hydrogens is 366 g/mol. The van der Waals surface area contributed by atoms with Gasteiger partial charge in [0.1, 0.15) is 0 Å². The summed E-state index contributed by atoms with van der Waals surface area (Å²) in [5.41, 5.74) is 4.92. The molecule has 3 rings (SSSR count). The SMILES string of the molecule is Cc1nn(C)c(C)c1CN1CCN(C(=S)NCc2ccc(Cl)cc2)CC1. The van der Waals surface area contributed by atoms with Gasteiger partial charge in [-0.25, -0.2) is 0 Å². The lowest BCUT2D eigenvalue weighted by Gasteiger charge is -2.36. The third-order valence-electron chi connectivity index (χ3n) is 5.06. The molecule has 2 heterocycles. The Kier molecular flexibility index (Phi) is 6.16. The van der Waals surface area contributed by atoms with Crippen molar-refractivity contribution in [3.63, 3.8) is 0 Å². The largest absolute Gasteiger partial charge is 0.358 e. The minimum Gasteiger partial charge on any atom is -0.358 e. The molecule has 2 aromatic rings. The molecular formula is C19H26ClN5S. The highest BCUT2D eigenvalue weighted by atomic mass is 35.5. The number of benzene rings is 1. The number of rotatable bonds is 4. The number of thiocarbonyl (C=S) groups is 1. The maximum absolute atomic E-state index is 5.92. The summed E-state index contributed by atoms with van der Waals surface area (Å²) >= 11 is 11.5. The zero-order valence-corrected chi connectivity index (χ0v) is 17.2. The molecule has 7 heteroatoms. The molecule has 1 fully saturated rings. The second-order valence-corrected chi connectivity index (χ2v) is 7.64. The van der Waals surface area contributed by atoms with Gasteiger partial charge in [0.15, 0.2) is 5.11 Å². The van der Waals surface area contributed by atoms with Gasteiger partial charge in [0, 0.05) is 62.6 Å². The van der Waals surface area contributed by atoms with Crippen LogP contribution in [0.15, 0.2) is 24.3 Å². The molecule has 1 aliphatic heterocycles. The third-order valence-corrected chi connectivity index (χ3v) is 5.71. The van der Waals surface area contributed by atoms with Crippen molar-refractivity contribution in [2.24, 2.45) is 7.05 Å². The maximum Gasteiger partial charge on any atom is 0.169 e. The van der Waals surface area contributed by atoms with Crippen molar-refractivity contribution < 1.29 is 0 Å². The summed E-state index contributed by atoms with van der Waals surface area (Å²) in [7, 11) is 2.01. The first-order chi connectivity index (χ1) is 12.4. The monoisotopic (exact) mass is 391 g/mol. The maximum atomic E-state index is 5.92. The van der Waals surface area contributed by atoms with E-state index in [1.807, 2.05) is 36.0 Å². The average Bonchev–Trinajstić information content (AvgIpc) is 2.88. The Morgan fingerprint density at radius 1 is 1.15 bits per heavy atom. The van der Waals surface area contributed by atoms with E-state index in [1.165, 1.54) is 16.8 Å². The second kappa shape index (κ2) is 8.37. The molecule has 0 amide bonds. The molecule has 1 aromatic carbocycles. The standard InChI is InChI=1S/C19H26ClN5S/c1-14-18(15(2)23(3)22-14)13-24-8-10-25(11-9-24)19(26)21-12-16-4-6-17(20)7-5-16/h4-7H,8-13H2,1-3H3,(H,21,26). The van der Waals surface area contributed by atoms with Gasteiger partial charge in [0.25, 0.3) is 0 Å². The van der Waals surface area contributed by atoms with Gasteiger partial charge in [-0.05, 0) is 43.8 Å². The van der Waals surface area contributed by atoms with Crippen LogP contribution < -0.4 is 5.32 Å². The highest BCUT2D eigenvalue weighted by Crippen LogP contribution is 2.16. The van der Waals surface area contributed by atoms with Crippen LogP contribution in [0.3, 0.4) is 0 Å². The van der Waals surface area contributed by atoms with Crippen molar-refractivity contribution in [2.45, 2.75) is 26.9 Å². The first-order valence-electron chi connectivity index (χ1n) is 8.92. The van der Waals surface area contributed by atoms with Crippen LogP contribution in [-0.4, -0.2) is 50.9 Å². The van der Waals surface area contributed by atoms with Gasteiger partial charge >= 0.3 is 0 Å². The van der Waals surface area contributed by atoms with E-state index in [0.29, 0.717) is 0 Å². The van der Waals surface area contributed by atoms with E-state index in [9.17, 15) is 0 Å². The molecule has 1 saturated heterocycles. The van der Waals surface area contributed by atoms with Gasteiger partial charge in [0.05, 0.1) is 5.69 Å². The molecule has 1 N–H and O–H groups in total. The van der Waals surface area contributed by atoms with Crippen LogP contribution in [0.1, 0.15) is 22.5 Å². The van der Waals surface area contributed by atoms with Crippen molar-refractivity contribution in [1.82, 2.24) is 24.9 Å². The molecule has 5 nitrogen and oxygen atoms in total. The summed E-state index contributed by atoms with van der Waals surface area (Å²) in [6, 6.07) is 7.86. The van der Waals surface area contributed by atoms with E-state index in [-0.39, 0.29) is 0 Å². The fourth-order valence-corrected chi connectivity index (χ4v) is 3.65. The molecule has 0 bridgehead atoms. The number of hydrogen-bond acceptors (Lipinski definition) is 3. The number of nitrogens with zero attached hydrogens (tertiary/aromatic N) is 4. The molecule has 0 radical (unpaired) electrons. The van der Waals surface area contributed by atoms with Gasteiger partial charge < -0.3 is 10.2 Å². The van der Waals surface area contributed by atoms with Crippen LogP contribution in [0.25, 0.3) is 0 Å². The lowest BCUT2D eigenvalue weighted by Crippen LogP contribution is -2.51. The smallest absolute Gasteiger partial charge is 0.169 e. The Labute approximate surface area is 165 Å². The highest BCUT2D eigenvalue weighted by molar-refractivity contribution is 7.80. The minimum absolute atomic E-state index is 0.726. The van der Waals surface area contributed by atoms with Crippen LogP contribution in [0.4, 0.5) is 0 Å². The normalized spacial score (nSPS) is 15.3. The summed E-state index contributed by atoms with van der Waals surface area (Å²) in [5.74, 6) is 0. The molecule has 0 atom stereocenters. The Balaban J connectivity index is 1.47. The lowest BCUT2D eigenvalue weighted by molar-refractivity contribution is 0.174. The number of nitrogens with one attached hydrogen (secondary N) is 1. The summed E-state index contributed by atoms with van der Waals surface area (Å²) in [5, 5.41) is 9.46. The number of aryl methyl sites for hydroxylation is 2. The van der Waals surface area contributed by atoms with Gasteiger partial charge in [-0.3, -0.25) is 9.58 Å². The third kappa shape index (κ3) is 4.55.